The van der Waals surface area contributed by atoms with E-state index in [4.69, 9.17) is 34.8 Å². The summed E-state index contributed by atoms with van der Waals surface area (Å²) in [6.07, 6.45) is 0. The summed E-state index contributed by atoms with van der Waals surface area (Å²) in [4.78, 5) is 17.6. The molecule has 0 aliphatic heterocycles. The van der Waals surface area contributed by atoms with Crippen molar-refractivity contribution >= 4 is 78.6 Å². The lowest BCUT2D eigenvalue weighted by atomic mass is 10.2. The molecule has 4 aromatic rings. The highest BCUT2D eigenvalue weighted by Gasteiger charge is 2.19. The van der Waals surface area contributed by atoms with Crippen molar-refractivity contribution in [3.63, 3.8) is 0 Å². The maximum atomic E-state index is 12.7. The molecule has 0 saturated heterocycles. The Morgan fingerprint density at radius 1 is 1.11 bits per heavy atom. The van der Waals surface area contributed by atoms with E-state index in [1.165, 1.54) is 22.7 Å². The number of thiazole rings is 1. The van der Waals surface area contributed by atoms with Crippen molar-refractivity contribution in [2.45, 2.75) is 6.92 Å². The van der Waals surface area contributed by atoms with E-state index in [9.17, 15) is 4.79 Å². The molecule has 2 aromatic carbocycles. The van der Waals surface area contributed by atoms with E-state index >= 15 is 0 Å². The van der Waals surface area contributed by atoms with Crippen molar-refractivity contribution in [1.82, 2.24) is 4.98 Å². The number of nitrogens with zero attached hydrogens (tertiary/aromatic N) is 1. The van der Waals surface area contributed by atoms with Crippen LogP contribution in [0, 0.1) is 6.92 Å². The SMILES string of the molecule is Cc1ccc2c(Cl)c(C(=O)Nc3nc(-c4ccc(Cl)cc4Cl)cs3)sc2c1. The molecule has 0 radical (unpaired) electrons. The minimum absolute atomic E-state index is 0.276. The van der Waals surface area contributed by atoms with Crippen molar-refractivity contribution in [3.8, 4) is 11.3 Å². The van der Waals surface area contributed by atoms with Crippen LogP contribution >= 0.6 is 57.5 Å². The van der Waals surface area contributed by atoms with E-state index in [0.717, 1.165) is 21.2 Å². The fraction of sp³-hybridized carbons (Fsp3) is 0.0526. The number of hydrogen-bond acceptors (Lipinski definition) is 4. The van der Waals surface area contributed by atoms with E-state index < -0.39 is 0 Å². The number of thiophene rings is 1. The minimum atomic E-state index is -0.276. The normalized spacial score (nSPS) is 11.1. The summed E-state index contributed by atoms with van der Waals surface area (Å²) >= 11 is 21.3. The topological polar surface area (TPSA) is 42.0 Å². The first-order valence-electron chi connectivity index (χ1n) is 7.83. The van der Waals surface area contributed by atoms with E-state index in [1.807, 2.05) is 30.5 Å². The van der Waals surface area contributed by atoms with Crippen LogP contribution in [0.15, 0.2) is 41.8 Å². The number of aromatic nitrogens is 1. The number of carbonyl (C=O) groups is 1. The highest BCUT2D eigenvalue weighted by Crippen LogP contribution is 2.37. The third-order valence-corrected chi connectivity index (χ3v) is 6.88. The van der Waals surface area contributed by atoms with Crippen LogP contribution in [0.25, 0.3) is 21.3 Å². The number of fused-ring (bicyclic) bond motifs is 1. The van der Waals surface area contributed by atoms with E-state index in [1.54, 1.807) is 18.2 Å². The molecule has 0 aliphatic rings. The van der Waals surface area contributed by atoms with Crippen molar-refractivity contribution < 1.29 is 4.79 Å². The van der Waals surface area contributed by atoms with Crippen LogP contribution < -0.4 is 5.32 Å². The van der Waals surface area contributed by atoms with Gasteiger partial charge in [0.15, 0.2) is 5.13 Å². The Balaban J connectivity index is 1.61. The summed E-state index contributed by atoms with van der Waals surface area (Å²) in [6.45, 7) is 2.01. The molecule has 0 atom stereocenters. The molecule has 0 bridgehead atoms. The van der Waals surface area contributed by atoms with Gasteiger partial charge in [0.1, 0.15) is 4.88 Å². The maximum absolute atomic E-state index is 12.7. The number of nitrogens with one attached hydrogen (secondary N) is 1. The van der Waals surface area contributed by atoms with E-state index in [-0.39, 0.29) is 5.91 Å². The zero-order chi connectivity index (χ0) is 19.1. The Morgan fingerprint density at radius 3 is 2.70 bits per heavy atom. The number of aryl methyl sites for hydroxylation is 1. The van der Waals surface area contributed by atoms with Gasteiger partial charge < -0.3 is 0 Å². The van der Waals surface area contributed by atoms with Gasteiger partial charge in [0.25, 0.3) is 5.91 Å². The fourth-order valence-electron chi connectivity index (χ4n) is 2.62. The van der Waals surface area contributed by atoms with Crippen LogP contribution in [0.4, 0.5) is 5.13 Å². The second-order valence-electron chi connectivity index (χ2n) is 5.86. The van der Waals surface area contributed by atoms with E-state index in [2.05, 4.69) is 10.3 Å². The van der Waals surface area contributed by atoms with Gasteiger partial charge in [0.05, 0.1) is 15.7 Å². The quantitative estimate of drug-likeness (QED) is 0.348. The second-order valence-corrected chi connectivity index (χ2v) is 8.99. The van der Waals surface area contributed by atoms with Crippen LogP contribution in [-0.4, -0.2) is 10.9 Å². The van der Waals surface area contributed by atoms with Gasteiger partial charge in [-0.1, -0.05) is 46.9 Å². The number of benzene rings is 2. The highest BCUT2D eigenvalue weighted by atomic mass is 35.5. The van der Waals surface area contributed by atoms with Crippen molar-refractivity contribution in [2.75, 3.05) is 5.32 Å². The number of halogens is 3. The first-order valence-corrected chi connectivity index (χ1v) is 10.7. The van der Waals surface area contributed by atoms with Gasteiger partial charge >= 0.3 is 0 Å². The molecular formula is C19H11Cl3N2OS2. The van der Waals surface area contributed by atoms with Crippen molar-refractivity contribution in [2.24, 2.45) is 0 Å². The Kier molecular flexibility index (Phi) is 5.14. The molecule has 8 heteroatoms. The molecule has 1 amide bonds. The summed E-state index contributed by atoms with van der Waals surface area (Å²) < 4.78 is 0.984. The average molecular weight is 454 g/mol. The Hall–Kier alpha value is -1.63. The van der Waals surface area contributed by atoms with Crippen LogP contribution in [0.3, 0.4) is 0 Å². The molecule has 3 nitrogen and oxygen atoms in total. The lowest BCUT2D eigenvalue weighted by Gasteiger charge is -2.01. The summed E-state index contributed by atoms with van der Waals surface area (Å²) in [7, 11) is 0. The van der Waals surface area contributed by atoms with Gasteiger partial charge in [0.2, 0.25) is 0 Å². The summed E-state index contributed by atoms with van der Waals surface area (Å²) in [5.74, 6) is -0.276. The monoisotopic (exact) mass is 452 g/mol. The Morgan fingerprint density at radius 2 is 1.93 bits per heavy atom. The largest absolute Gasteiger partial charge is 0.297 e. The second kappa shape index (κ2) is 7.41. The van der Waals surface area contributed by atoms with Crippen LogP contribution in [0.5, 0.6) is 0 Å². The van der Waals surface area contributed by atoms with Crippen molar-refractivity contribution in [1.29, 1.82) is 0 Å². The Bertz CT molecular complexity index is 1180. The number of hydrogen-bond donors (Lipinski definition) is 1. The number of carbonyl (C=O) groups excluding carboxylic acids is 1. The van der Waals surface area contributed by atoms with E-state index in [0.29, 0.717) is 30.8 Å². The first kappa shape index (κ1) is 18.7. The standard InChI is InChI=1S/C19H11Cl3N2OS2/c1-9-2-4-12-15(6-9)27-17(16(12)22)18(25)24-19-23-14(8-26-19)11-5-3-10(20)7-13(11)21/h2-8H,1H3,(H,23,24,25). The average Bonchev–Trinajstić information content (AvgIpc) is 3.19. The molecule has 0 aliphatic carbocycles. The molecule has 0 fully saturated rings. The lowest BCUT2D eigenvalue weighted by molar-refractivity contribution is 0.103. The molecule has 1 N–H and O–H groups in total. The molecule has 27 heavy (non-hydrogen) atoms. The minimum Gasteiger partial charge on any atom is -0.297 e. The summed E-state index contributed by atoms with van der Waals surface area (Å²) in [6, 6.07) is 11.1. The third kappa shape index (κ3) is 3.71. The van der Waals surface area contributed by atoms with Gasteiger partial charge in [-0.15, -0.1) is 22.7 Å². The zero-order valence-corrected chi connectivity index (χ0v) is 17.7. The van der Waals surface area contributed by atoms with Gasteiger partial charge in [-0.3, -0.25) is 10.1 Å². The molecule has 2 heterocycles. The maximum Gasteiger partial charge on any atom is 0.269 e. The predicted octanol–water partition coefficient (Wildman–Crippen LogP) is 7.55. The number of rotatable bonds is 3. The molecule has 2 aromatic heterocycles. The smallest absolute Gasteiger partial charge is 0.269 e. The van der Waals surface area contributed by atoms with Crippen LogP contribution in [0.1, 0.15) is 15.2 Å². The number of anilines is 1. The molecule has 0 spiro atoms. The first-order chi connectivity index (χ1) is 12.9. The zero-order valence-electron chi connectivity index (χ0n) is 13.8. The van der Waals surface area contributed by atoms with Gasteiger partial charge in [-0.05, 0) is 36.8 Å². The highest BCUT2D eigenvalue weighted by molar-refractivity contribution is 7.22. The molecular weight excluding hydrogens is 443 g/mol. The lowest BCUT2D eigenvalue weighted by Crippen LogP contribution is -2.10. The summed E-state index contributed by atoms with van der Waals surface area (Å²) in [5.41, 5.74) is 2.56. The van der Waals surface area contributed by atoms with Gasteiger partial charge in [-0.25, -0.2) is 4.98 Å². The van der Waals surface area contributed by atoms with Crippen LogP contribution in [-0.2, 0) is 0 Å². The van der Waals surface area contributed by atoms with Gasteiger partial charge in [-0.2, -0.15) is 0 Å². The summed E-state index contributed by atoms with van der Waals surface area (Å²) in [5, 5.41) is 7.54. The molecule has 0 unspecified atom stereocenters. The fourth-order valence-corrected chi connectivity index (χ4v) is 5.35. The molecule has 0 saturated carbocycles. The van der Waals surface area contributed by atoms with Crippen LogP contribution in [0.2, 0.25) is 15.1 Å². The predicted molar refractivity (Wildman–Crippen MR) is 117 cm³/mol. The molecule has 4 rings (SSSR count). The number of amides is 1. The Labute approximate surface area is 178 Å². The van der Waals surface area contributed by atoms with Crippen molar-refractivity contribution in [3.05, 3.63) is 67.3 Å². The van der Waals surface area contributed by atoms with Gasteiger partial charge in [0, 0.05) is 26.1 Å². The third-order valence-electron chi connectivity index (χ3n) is 3.92. The molecule has 136 valence electrons.